The molecule has 0 aromatic heterocycles. The first kappa shape index (κ1) is 42.1. The number of aliphatic hydroxyl groups excluding tert-OH is 9. The van der Waals surface area contributed by atoms with E-state index < -0.39 is 91.1 Å². The van der Waals surface area contributed by atoms with E-state index in [9.17, 15) is 46.0 Å². The average molecular weight is 781 g/mol. The van der Waals surface area contributed by atoms with Crippen molar-refractivity contribution in [2.75, 3.05) is 19.8 Å². The van der Waals surface area contributed by atoms with Crippen LogP contribution in [0.4, 0.5) is 0 Å². The monoisotopic (exact) mass is 780 g/mol. The summed E-state index contributed by atoms with van der Waals surface area (Å²) in [7, 11) is 0. The Kier molecular flexibility index (Phi) is 11.0. The molecule has 2 aliphatic heterocycles. The van der Waals surface area contributed by atoms with E-state index in [0.29, 0.717) is 12.8 Å². The Bertz CT molecular complexity index is 1500. The van der Waals surface area contributed by atoms with Crippen LogP contribution in [-0.4, -0.2) is 139 Å². The van der Waals surface area contributed by atoms with Gasteiger partial charge in [0.25, 0.3) is 0 Å². The molecule has 0 amide bonds. The highest BCUT2D eigenvalue weighted by molar-refractivity contribution is 5.46. The first-order valence-electron chi connectivity index (χ1n) is 20.6. The highest BCUT2D eigenvalue weighted by atomic mass is 16.8. The SMILES string of the molecule is CC1OC(OC2CCC3(C)C4=CC=C5C6CC(C)(C)CCC6(CO)C(O)CC5(C)C4(C)CCC3C2(C)CO)C(OC2OC(CO)C(O)C(O)C2O)C(O)C1O. The predicted molar refractivity (Wildman–Crippen MR) is 199 cm³/mol. The summed E-state index contributed by atoms with van der Waals surface area (Å²) < 4.78 is 24.4. The van der Waals surface area contributed by atoms with Gasteiger partial charge in [0.2, 0.25) is 0 Å². The Morgan fingerprint density at radius 2 is 1.40 bits per heavy atom. The highest BCUT2D eigenvalue weighted by Crippen LogP contribution is 2.74. The van der Waals surface area contributed by atoms with Gasteiger partial charge in [-0.05, 0) is 86.4 Å². The zero-order valence-electron chi connectivity index (χ0n) is 33.7. The molecule has 0 radical (unpaired) electrons. The van der Waals surface area contributed by atoms with Crippen LogP contribution in [0.1, 0.15) is 99.8 Å². The molecule has 19 unspecified atom stereocenters. The van der Waals surface area contributed by atoms with Crippen LogP contribution in [0, 0.1) is 44.3 Å². The zero-order valence-corrected chi connectivity index (χ0v) is 33.7. The van der Waals surface area contributed by atoms with Gasteiger partial charge in [-0.15, -0.1) is 0 Å². The molecule has 7 rings (SSSR count). The highest BCUT2D eigenvalue weighted by Gasteiger charge is 2.69. The number of rotatable bonds is 7. The maximum atomic E-state index is 12.0. The van der Waals surface area contributed by atoms with Gasteiger partial charge in [0, 0.05) is 16.2 Å². The second-order valence-corrected chi connectivity index (χ2v) is 20.2. The standard InChI is InChI=1S/C42H68O13/c1-21-29(47)32(50)34(55-35-33(51)31(49)30(48)24(18-43)53-35)36(52-21)54-28-11-12-38(4)25(39(28,5)19-44)10-13-40(6)26(38)9-8-22-23-16-37(2,3)14-15-42(23,20-45)27(46)17-41(22,40)7/h8-9,21,23-25,27-36,43-51H,10-20H2,1-7H3. The normalized spacial score (nSPS) is 54.9. The van der Waals surface area contributed by atoms with Crippen LogP contribution in [-0.2, 0) is 18.9 Å². The third-order valence-corrected chi connectivity index (χ3v) is 16.9. The van der Waals surface area contributed by atoms with Crippen LogP contribution in [0.25, 0.3) is 0 Å². The molecular formula is C42H68O13. The average Bonchev–Trinajstić information content (AvgIpc) is 3.13. The quantitative estimate of drug-likeness (QED) is 0.168. The lowest BCUT2D eigenvalue weighted by Gasteiger charge is -2.69. The molecule has 55 heavy (non-hydrogen) atoms. The van der Waals surface area contributed by atoms with Crippen molar-refractivity contribution >= 4 is 0 Å². The molecule has 19 atom stereocenters. The molecule has 0 aromatic rings. The van der Waals surface area contributed by atoms with Gasteiger partial charge >= 0.3 is 0 Å². The van der Waals surface area contributed by atoms with Gasteiger partial charge in [0.15, 0.2) is 12.6 Å². The second kappa shape index (κ2) is 14.3. The number of aliphatic hydroxyl groups is 9. The largest absolute Gasteiger partial charge is 0.396 e. The number of fused-ring (bicyclic) bond motifs is 7. The topological polar surface area (TPSA) is 219 Å². The fraction of sp³-hybridized carbons (Fsp3) is 0.905. The Morgan fingerprint density at radius 1 is 0.691 bits per heavy atom. The van der Waals surface area contributed by atoms with Crippen LogP contribution >= 0.6 is 0 Å². The summed E-state index contributed by atoms with van der Waals surface area (Å²) in [6, 6.07) is 0. The van der Waals surface area contributed by atoms with E-state index in [0.717, 1.165) is 38.5 Å². The lowest BCUT2D eigenvalue weighted by molar-refractivity contribution is -0.375. The Hall–Kier alpha value is -1.04. The first-order valence-corrected chi connectivity index (χ1v) is 20.6. The molecule has 0 aromatic carbocycles. The molecule has 2 saturated heterocycles. The van der Waals surface area contributed by atoms with Gasteiger partial charge in [-0.25, -0.2) is 0 Å². The molecule has 0 spiro atoms. The van der Waals surface area contributed by atoms with Crippen LogP contribution in [0.2, 0.25) is 0 Å². The van der Waals surface area contributed by atoms with E-state index >= 15 is 0 Å². The van der Waals surface area contributed by atoms with Crippen molar-refractivity contribution in [3.63, 3.8) is 0 Å². The second-order valence-electron chi connectivity index (χ2n) is 20.2. The first-order chi connectivity index (χ1) is 25.7. The summed E-state index contributed by atoms with van der Waals surface area (Å²) in [4.78, 5) is 0. The summed E-state index contributed by atoms with van der Waals surface area (Å²) in [6.07, 6.45) is -4.80. The molecular weight excluding hydrogens is 712 g/mol. The maximum Gasteiger partial charge on any atom is 0.187 e. The molecule has 7 aliphatic rings. The molecule has 9 N–H and O–H groups in total. The van der Waals surface area contributed by atoms with Crippen molar-refractivity contribution in [1.29, 1.82) is 0 Å². The van der Waals surface area contributed by atoms with Crippen LogP contribution < -0.4 is 0 Å². The van der Waals surface area contributed by atoms with Gasteiger partial charge in [-0.1, -0.05) is 64.8 Å². The third-order valence-electron chi connectivity index (χ3n) is 16.9. The molecule has 5 aliphatic carbocycles. The minimum absolute atomic E-state index is 0.0263. The maximum absolute atomic E-state index is 12.0. The Balaban J connectivity index is 1.19. The van der Waals surface area contributed by atoms with Crippen molar-refractivity contribution in [2.45, 2.75) is 173 Å². The van der Waals surface area contributed by atoms with Crippen molar-refractivity contribution in [3.8, 4) is 0 Å². The molecule has 2 heterocycles. The summed E-state index contributed by atoms with van der Waals surface area (Å²) in [5.74, 6) is 0.0496. The summed E-state index contributed by atoms with van der Waals surface area (Å²) in [5, 5.41) is 97.5. The van der Waals surface area contributed by atoms with Gasteiger partial charge in [-0.3, -0.25) is 0 Å². The fourth-order valence-corrected chi connectivity index (χ4v) is 13.0. The number of ether oxygens (including phenoxy) is 4. The minimum atomic E-state index is -1.74. The van der Waals surface area contributed by atoms with Gasteiger partial charge in [0.1, 0.15) is 42.7 Å². The van der Waals surface area contributed by atoms with Crippen molar-refractivity contribution in [1.82, 2.24) is 0 Å². The fourth-order valence-electron chi connectivity index (χ4n) is 13.0. The molecule has 314 valence electrons. The smallest absolute Gasteiger partial charge is 0.187 e. The van der Waals surface area contributed by atoms with E-state index in [2.05, 4.69) is 46.8 Å². The van der Waals surface area contributed by atoms with E-state index in [1.807, 2.05) is 6.92 Å². The van der Waals surface area contributed by atoms with Gasteiger partial charge < -0.3 is 64.9 Å². The number of allylic oxidation sites excluding steroid dienone is 4. The Morgan fingerprint density at radius 3 is 2.05 bits per heavy atom. The van der Waals surface area contributed by atoms with E-state index in [-0.39, 0.29) is 46.7 Å². The predicted octanol–water partition coefficient (Wildman–Crippen LogP) is 1.68. The molecule has 0 bridgehead atoms. The van der Waals surface area contributed by atoms with E-state index in [4.69, 9.17) is 18.9 Å². The molecule has 13 nitrogen and oxygen atoms in total. The van der Waals surface area contributed by atoms with E-state index in [1.165, 1.54) is 11.1 Å². The van der Waals surface area contributed by atoms with Crippen LogP contribution in [0.5, 0.6) is 0 Å². The third kappa shape index (κ3) is 6.12. The lowest BCUT2D eigenvalue weighted by atomic mass is 9.35. The van der Waals surface area contributed by atoms with Crippen molar-refractivity contribution in [3.05, 3.63) is 23.3 Å². The van der Waals surface area contributed by atoms with Crippen LogP contribution in [0.3, 0.4) is 0 Å². The summed E-state index contributed by atoms with van der Waals surface area (Å²) in [5.41, 5.74) is 0.513. The number of hydrogen-bond acceptors (Lipinski definition) is 13. The molecule has 6 fully saturated rings. The molecule has 4 saturated carbocycles. The summed E-state index contributed by atoms with van der Waals surface area (Å²) >= 11 is 0. The van der Waals surface area contributed by atoms with E-state index in [1.54, 1.807) is 6.92 Å². The zero-order chi connectivity index (χ0) is 40.3. The van der Waals surface area contributed by atoms with Crippen molar-refractivity contribution < 1.29 is 64.9 Å². The molecule has 13 heteroatoms. The van der Waals surface area contributed by atoms with Crippen LogP contribution in [0.15, 0.2) is 23.3 Å². The van der Waals surface area contributed by atoms with Gasteiger partial charge in [-0.2, -0.15) is 0 Å². The lowest BCUT2D eigenvalue weighted by Crippen LogP contribution is -2.66. The minimum Gasteiger partial charge on any atom is -0.396 e. The van der Waals surface area contributed by atoms with Crippen molar-refractivity contribution in [2.24, 2.45) is 44.3 Å². The summed E-state index contributed by atoms with van der Waals surface area (Å²) in [6.45, 7) is 14.3. The van der Waals surface area contributed by atoms with Gasteiger partial charge in [0.05, 0.1) is 38.1 Å². The Labute approximate surface area is 325 Å². The number of hydrogen-bond donors (Lipinski definition) is 9.